The van der Waals surface area contributed by atoms with E-state index in [-0.39, 0.29) is 39.9 Å². The third-order valence-electron chi connectivity index (χ3n) is 5.61. The minimum absolute atomic E-state index is 0.0574. The van der Waals surface area contributed by atoms with Gasteiger partial charge in [-0.25, -0.2) is 8.42 Å². The van der Waals surface area contributed by atoms with E-state index in [1.165, 1.54) is 10.8 Å². The van der Waals surface area contributed by atoms with Crippen molar-refractivity contribution in [1.82, 2.24) is 24.6 Å². The summed E-state index contributed by atoms with van der Waals surface area (Å²) in [6.07, 6.45) is 2.73. The van der Waals surface area contributed by atoms with E-state index in [0.717, 1.165) is 17.7 Å². The van der Waals surface area contributed by atoms with Crippen molar-refractivity contribution in [3.63, 3.8) is 0 Å². The quantitative estimate of drug-likeness (QED) is 0.175. The molecule has 6 N–H and O–H groups in total. The number of benzene rings is 2. The number of carbonyl (C=O) groups excluding carboxylic acids is 1. The SMILES string of the molecule is NC(=O)c1cc(S(=O)(=O)Nc2ccc(CCCOc3nc(N)n4nc(-c5ccco5)nc4n3)cc2)cc(Cl)c1O. The summed E-state index contributed by atoms with van der Waals surface area (Å²) < 4.78 is 40.2. The summed E-state index contributed by atoms with van der Waals surface area (Å²) in [5, 5.41) is 13.7. The highest BCUT2D eigenvalue weighted by molar-refractivity contribution is 7.92. The predicted molar refractivity (Wildman–Crippen MR) is 143 cm³/mol. The van der Waals surface area contributed by atoms with E-state index in [1.54, 1.807) is 36.4 Å². The molecule has 0 radical (unpaired) electrons. The van der Waals surface area contributed by atoms with Gasteiger partial charge in [-0.3, -0.25) is 9.52 Å². The molecule has 0 unspecified atom stereocenters. The first-order valence-corrected chi connectivity index (χ1v) is 13.5. The fourth-order valence-electron chi connectivity index (χ4n) is 3.67. The summed E-state index contributed by atoms with van der Waals surface area (Å²) in [5.74, 6) is -0.548. The smallest absolute Gasteiger partial charge is 0.323 e. The molecule has 3 aromatic heterocycles. The minimum atomic E-state index is -4.12. The number of phenols is 1. The van der Waals surface area contributed by atoms with Crippen LogP contribution in [0.5, 0.6) is 11.8 Å². The Bertz CT molecular complexity index is 1810. The van der Waals surface area contributed by atoms with E-state index in [0.29, 0.717) is 24.4 Å². The number of hydrogen-bond donors (Lipinski definition) is 4. The fraction of sp³-hybridized carbons (Fsp3) is 0.125. The second-order valence-corrected chi connectivity index (χ2v) is 10.5. The van der Waals surface area contributed by atoms with E-state index in [1.807, 2.05) is 0 Å². The number of aromatic nitrogens is 5. The van der Waals surface area contributed by atoms with Crippen LogP contribution in [-0.2, 0) is 16.4 Å². The maximum Gasteiger partial charge on any atom is 0.323 e. The van der Waals surface area contributed by atoms with Crippen LogP contribution in [0.1, 0.15) is 22.3 Å². The number of nitrogens with zero attached hydrogens (tertiary/aromatic N) is 5. The summed E-state index contributed by atoms with van der Waals surface area (Å²) >= 11 is 5.86. The van der Waals surface area contributed by atoms with Crippen molar-refractivity contribution in [3.05, 3.63) is 70.9 Å². The van der Waals surface area contributed by atoms with Crippen molar-refractivity contribution in [1.29, 1.82) is 0 Å². The Morgan fingerprint density at radius 3 is 2.62 bits per heavy atom. The van der Waals surface area contributed by atoms with Gasteiger partial charge in [-0.15, -0.1) is 5.10 Å². The maximum atomic E-state index is 12.8. The van der Waals surface area contributed by atoms with Crippen LogP contribution in [0.25, 0.3) is 17.4 Å². The second kappa shape index (κ2) is 10.7. The Morgan fingerprint density at radius 1 is 1.15 bits per heavy atom. The van der Waals surface area contributed by atoms with Crippen molar-refractivity contribution in [3.8, 4) is 23.3 Å². The Hall–Kier alpha value is -4.89. The van der Waals surface area contributed by atoms with Gasteiger partial charge in [0.1, 0.15) is 5.75 Å². The molecule has 206 valence electrons. The van der Waals surface area contributed by atoms with Crippen molar-refractivity contribution in [2.45, 2.75) is 17.7 Å². The Balaban J connectivity index is 1.17. The molecule has 0 saturated carbocycles. The molecule has 0 bridgehead atoms. The normalized spacial score (nSPS) is 11.5. The van der Waals surface area contributed by atoms with Gasteiger partial charge < -0.3 is 25.7 Å². The predicted octanol–water partition coefficient (Wildman–Crippen LogP) is 2.63. The first-order valence-electron chi connectivity index (χ1n) is 11.6. The fourth-order valence-corrected chi connectivity index (χ4v) is 5.07. The number of aryl methyl sites for hydroxylation is 1. The molecule has 2 aromatic carbocycles. The van der Waals surface area contributed by atoms with Crippen LogP contribution in [0, 0.1) is 0 Å². The molecule has 3 heterocycles. The minimum Gasteiger partial charge on any atom is -0.506 e. The summed E-state index contributed by atoms with van der Waals surface area (Å²) in [7, 11) is -4.12. The third-order valence-corrected chi connectivity index (χ3v) is 7.26. The number of sulfonamides is 1. The number of primary amides is 1. The molecule has 0 spiro atoms. The molecule has 14 nitrogen and oxygen atoms in total. The topological polar surface area (TPSA) is 214 Å². The first kappa shape index (κ1) is 26.7. The lowest BCUT2D eigenvalue weighted by Crippen LogP contribution is -2.16. The highest BCUT2D eigenvalue weighted by Crippen LogP contribution is 2.31. The van der Waals surface area contributed by atoms with Crippen molar-refractivity contribution >= 4 is 44.9 Å². The number of nitrogens with one attached hydrogen (secondary N) is 1. The third kappa shape index (κ3) is 5.60. The van der Waals surface area contributed by atoms with Crippen LogP contribution < -0.4 is 20.9 Å². The van der Waals surface area contributed by atoms with E-state index in [9.17, 15) is 18.3 Å². The summed E-state index contributed by atoms with van der Waals surface area (Å²) in [5.41, 5.74) is 12.0. The van der Waals surface area contributed by atoms with Crippen molar-refractivity contribution < 1.29 is 27.5 Å². The average molecular weight is 585 g/mol. The van der Waals surface area contributed by atoms with Gasteiger partial charge in [-0.2, -0.15) is 19.5 Å². The molecule has 1 amide bonds. The van der Waals surface area contributed by atoms with E-state index in [2.05, 4.69) is 24.8 Å². The molecule has 0 aliphatic heterocycles. The van der Waals surface area contributed by atoms with Gasteiger partial charge in [0.15, 0.2) is 5.76 Å². The van der Waals surface area contributed by atoms with Gasteiger partial charge in [0.2, 0.25) is 11.8 Å². The maximum absolute atomic E-state index is 12.8. The number of fused-ring (bicyclic) bond motifs is 1. The van der Waals surface area contributed by atoms with Gasteiger partial charge in [-0.1, -0.05) is 23.7 Å². The summed E-state index contributed by atoms with van der Waals surface area (Å²) in [6, 6.07) is 12.1. The van der Waals surface area contributed by atoms with Crippen LogP contribution in [-0.4, -0.2) is 50.6 Å². The standard InChI is InChI=1S/C24H21ClN8O6S/c25-17-12-15(11-16(19(17)34)20(26)35)40(36,37)32-14-7-5-13(6-8-14)3-1-10-39-24-29-22(27)33-23(30-24)28-21(31-33)18-4-2-9-38-18/h2,4-9,11-12,32,34H,1,3,10H2,(H2,26,35)(H2,27,28,29,30,31). The molecule has 0 aliphatic rings. The number of halogens is 1. The van der Waals surface area contributed by atoms with Crippen molar-refractivity contribution in [2.75, 3.05) is 17.1 Å². The average Bonchev–Trinajstić information content (AvgIpc) is 3.59. The number of amides is 1. The largest absolute Gasteiger partial charge is 0.506 e. The van der Waals surface area contributed by atoms with E-state index < -0.39 is 27.2 Å². The molecule has 0 saturated heterocycles. The number of furan rings is 1. The number of ether oxygens (including phenoxy) is 1. The van der Waals surface area contributed by atoms with Crippen LogP contribution in [0.2, 0.25) is 5.02 Å². The second-order valence-electron chi connectivity index (χ2n) is 8.41. The number of aromatic hydroxyl groups is 1. The lowest BCUT2D eigenvalue weighted by molar-refractivity contribution is 0.0997. The number of nitrogens with two attached hydrogens (primary N) is 2. The summed E-state index contributed by atoms with van der Waals surface area (Å²) in [6.45, 7) is 0.285. The molecule has 40 heavy (non-hydrogen) atoms. The van der Waals surface area contributed by atoms with E-state index >= 15 is 0 Å². The lowest BCUT2D eigenvalue weighted by atomic mass is 10.1. The van der Waals surface area contributed by atoms with Gasteiger partial charge in [0.05, 0.1) is 28.4 Å². The number of carbonyl (C=O) groups is 1. The van der Waals surface area contributed by atoms with Crippen LogP contribution in [0.3, 0.4) is 0 Å². The monoisotopic (exact) mass is 584 g/mol. The Labute approximate surface area is 231 Å². The van der Waals surface area contributed by atoms with Crippen LogP contribution in [0.4, 0.5) is 11.6 Å². The molecule has 16 heteroatoms. The number of nitrogen functional groups attached to an aromatic ring is 1. The number of anilines is 2. The van der Waals surface area contributed by atoms with Gasteiger partial charge >= 0.3 is 6.01 Å². The number of hydrogen-bond acceptors (Lipinski definition) is 11. The van der Waals surface area contributed by atoms with Crippen molar-refractivity contribution in [2.24, 2.45) is 5.73 Å². The molecule has 5 rings (SSSR count). The molecule has 0 atom stereocenters. The zero-order valence-electron chi connectivity index (χ0n) is 20.5. The van der Waals surface area contributed by atoms with Crippen LogP contribution in [0.15, 0.2) is 64.1 Å². The van der Waals surface area contributed by atoms with Crippen LogP contribution >= 0.6 is 11.6 Å². The Kier molecular flexibility index (Phi) is 7.15. The molecular formula is C24H21ClN8O6S. The Morgan fingerprint density at radius 2 is 1.93 bits per heavy atom. The molecule has 0 fully saturated rings. The lowest BCUT2D eigenvalue weighted by Gasteiger charge is -2.11. The first-order chi connectivity index (χ1) is 19.1. The molecule has 0 aliphatic carbocycles. The highest BCUT2D eigenvalue weighted by Gasteiger charge is 2.21. The van der Waals surface area contributed by atoms with Gasteiger partial charge in [0, 0.05) is 5.69 Å². The highest BCUT2D eigenvalue weighted by atomic mass is 35.5. The van der Waals surface area contributed by atoms with E-state index in [4.69, 9.17) is 32.2 Å². The zero-order chi connectivity index (χ0) is 28.4. The van der Waals surface area contributed by atoms with Gasteiger partial charge in [0.25, 0.3) is 21.7 Å². The molecule has 5 aromatic rings. The zero-order valence-corrected chi connectivity index (χ0v) is 22.1. The number of rotatable bonds is 10. The molecular weight excluding hydrogens is 564 g/mol. The summed E-state index contributed by atoms with van der Waals surface area (Å²) in [4.78, 5) is 23.8. The van der Waals surface area contributed by atoms with Gasteiger partial charge in [-0.05, 0) is 54.8 Å².